The molecule has 0 unspecified atom stereocenters. The van der Waals surface area contributed by atoms with Gasteiger partial charge < -0.3 is 15.3 Å². The minimum atomic E-state index is -0.998. The summed E-state index contributed by atoms with van der Waals surface area (Å²) in [4.78, 5) is 36.7. The second-order valence-electron chi connectivity index (χ2n) is 5.68. The van der Waals surface area contributed by atoms with Gasteiger partial charge in [0.15, 0.2) is 0 Å². The fourth-order valence-electron chi connectivity index (χ4n) is 2.58. The van der Waals surface area contributed by atoms with E-state index in [-0.39, 0.29) is 23.7 Å². The molecule has 0 bridgehead atoms. The Balaban J connectivity index is 1.79. The third kappa shape index (κ3) is 3.49. The number of amides is 2. The zero-order valence-electron chi connectivity index (χ0n) is 11.8. The summed E-state index contributed by atoms with van der Waals surface area (Å²) in [5.41, 5.74) is 0. The highest BCUT2D eigenvalue weighted by molar-refractivity contribution is 5.85. The van der Waals surface area contributed by atoms with Crippen molar-refractivity contribution in [3.05, 3.63) is 0 Å². The van der Waals surface area contributed by atoms with Crippen molar-refractivity contribution in [2.75, 3.05) is 13.1 Å². The number of nitrogens with one attached hydrogen (secondary N) is 1. The highest BCUT2D eigenvalue weighted by Crippen LogP contribution is 2.32. The Hall–Kier alpha value is -1.59. The van der Waals surface area contributed by atoms with E-state index in [2.05, 4.69) is 5.32 Å². The molecule has 0 spiro atoms. The highest BCUT2D eigenvalue weighted by atomic mass is 16.4. The van der Waals surface area contributed by atoms with Crippen molar-refractivity contribution in [1.29, 1.82) is 0 Å². The third-order valence-electron chi connectivity index (χ3n) is 4.13. The molecule has 0 aromatic rings. The molecule has 0 radical (unpaired) electrons. The molecule has 0 aromatic carbocycles. The maximum Gasteiger partial charge on any atom is 0.326 e. The number of carbonyl (C=O) groups excluding carboxylic acids is 2. The zero-order valence-corrected chi connectivity index (χ0v) is 11.8. The van der Waals surface area contributed by atoms with E-state index in [1.165, 1.54) is 0 Å². The number of aliphatic carboxylic acids is 1. The predicted molar refractivity (Wildman–Crippen MR) is 71.9 cm³/mol. The molecule has 2 amide bonds. The molecule has 6 heteroatoms. The molecular formula is C14H22N2O4. The molecule has 1 aliphatic heterocycles. The van der Waals surface area contributed by atoms with E-state index in [1.54, 1.807) is 6.92 Å². The normalized spacial score (nSPS) is 21.4. The summed E-state index contributed by atoms with van der Waals surface area (Å²) in [5.74, 6) is -0.927. The Morgan fingerprint density at radius 2 is 1.75 bits per heavy atom. The van der Waals surface area contributed by atoms with Crippen molar-refractivity contribution >= 4 is 17.8 Å². The Bertz CT molecular complexity index is 398. The predicted octanol–water partition coefficient (Wildman–Crippen LogP) is 0.614. The lowest BCUT2D eigenvalue weighted by Crippen LogP contribution is -2.47. The van der Waals surface area contributed by atoms with Gasteiger partial charge in [0.1, 0.15) is 6.04 Å². The summed E-state index contributed by atoms with van der Waals surface area (Å²) in [6.45, 7) is 2.95. The number of carboxylic acids is 1. The number of hydrogen-bond donors (Lipinski definition) is 2. The molecule has 1 atom stereocenters. The standard InChI is InChI=1S/C14H22N2O4/c1-2-11(14(19)20)15-12(17)9-5-7-16(8-6-9)13(18)10-3-4-10/h9-11H,2-8H2,1H3,(H,15,17)(H,19,20)/t11-/m1/s1. The van der Waals surface area contributed by atoms with Gasteiger partial charge in [0, 0.05) is 24.9 Å². The van der Waals surface area contributed by atoms with Gasteiger partial charge in [-0.05, 0) is 32.1 Å². The van der Waals surface area contributed by atoms with Gasteiger partial charge in [-0.25, -0.2) is 4.79 Å². The Kier molecular flexibility index (Phi) is 4.62. The third-order valence-corrected chi connectivity index (χ3v) is 4.13. The molecule has 2 N–H and O–H groups in total. The molecule has 20 heavy (non-hydrogen) atoms. The van der Waals surface area contributed by atoms with E-state index < -0.39 is 12.0 Å². The number of piperidine rings is 1. The topological polar surface area (TPSA) is 86.7 Å². The molecule has 2 rings (SSSR count). The van der Waals surface area contributed by atoms with Gasteiger partial charge in [-0.3, -0.25) is 9.59 Å². The Morgan fingerprint density at radius 1 is 1.15 bits per heavy atom. The maximum atomic E-state index is 12.0. The first-order chi connectivity index (χ1) is 9.52. The van der Waals surface area contributed by atoms with Crippen molar-refractivity contribution in [3.63, 3.8) is 0 Å². The molecule has 0 aromatic heterocycles. The van der Waals surface area contributed by atoms with Crippen molar-refractivity contribution in [2.45, 2.75) is 45.1 Å². The highest BCUT2D eigenvalue weighted by Gasteiger charge is 2.36. The van der Waals surface area contributed by atoms with Crippen LogP contribution in [0.5, 0.6) is 0 Å². The van der Waals surface area contributed by atoms with Gasteiger partial charge in [-0.2, -0.15) is 0 Å². The smallest absolute Gasteiger partial charge is 0.326 e. The van der Waals surface area contributed by atoms with Crippen LogP contribution < -0.4 is 5.32 Å². The van der Waals surface area contributed by atoms with Gasteiger partial charge in [-0.15, -0.1) is 0 Å². The largest absolute Gasteiger partial charge is 0.480 e. The summed E-state index contributed by atoms with van der Waals surface area (Å²) in [6.07, 6.45) is 3.62. The quantitative estimate of drug-likeness (QED) is 0.773. The summed E-state index contributed by atoms with van der Waals surface area (Å²) in [5, 5.41) is 11.5. The zero-order chi connectivity index (χ0) is 14.7. The molecule has 6 nitrogen and oxygen atoms in total. The molecule has 1 saturated heterocycles. The lowest BCUT2D eigenvalue weighted by Gasteiger charge is -2.32. The summed E-state index contributed by atoms with van der Waals surface area (Å²) < 4.78 is 0. The first-order valence-electron chi connectivity index (χ1n) is 7.35. The van der Waals surface area contributed by atoms with Crippen molar-refractivity contribution in [2.24, 2.45) is 11.8 Å². The molecule has 1 aliphatic carbocycles. The van der Waals surface area contributed by atoms with Crippen LogP contribution in [0.4, 0.5) is 0 Å². The van der Waals surface area contributed by atoms with Crippen LogP contribution in [0.3, 0.4) is 0 Å². The van der Waals surface area contributed by atoms with E-state index in [0.717, 1.165) is 12.8 Å². The van der Waals surface area contributed by atoms with Crippen LogP contribution in [0.25, 0.3) is 0 Å². The van der Waals surface area contributed by atoms with Gasteiger partial charge in [0.2, 0.25) is 11.8 Å². The molecule has 1 saturated carbocycles. The number of hydrogen-bond acceptors (Lipinski definition) is 3. The Morgan fingerprint density at radius 3 is 2.20 bits per heavy atom. The first kappa shape index (κ1) is 14.8. The summed E-state index contributed by atoms with van der Waals surface area (Å²) >= 11 is 0. The fourth-order valence-corrected chi connectivity index (χ4v) is 2.58. The SMILES string of the molecule is CC[C@@H](NC(=O)C1CCN(C(=O)C2CC2)CC1)C(=O)O. The van der Waals surface area contributed by atoms with Gasteiger partial charge in [0.25, 0.3) is 0 Å². The summed E-state index contributed by atoms with van der Waals surface area (Å²) in [7, 11) is 0. The molecule has 1 heterocycles. The number of nitrogens with zero attached hydrogens (tertiary/aromatic N) is 1. The van der Waals surface area contributed by atoms with E-state index in [0.29, 0.717) is 32.4 Å². The van der Waals surface area contributed by atoms with E-state index in [4.69, 9.17) is 5.11 Å². The van der Waals surface area contributed by atoms with Crippen molar-refractivity contribution in [1.82, 2.24) is 10.2 Å². The lowest BCUT2D eigenvalue weighted by atomic mass is 9.95. The average Bonchev–Trinajstić information content (AvgIpc) is 3.28. The second kappa shape index (κ2) is 6.24. The fraction of sp³-hybridized carbons (Fsp3) is 0.786. The van der Waals surface area contributed by atoms with E-state index in [9.17, 15) is 14.4 Å². The van der Waals surface area contributed by atoms with Crippen molar-refractivity contribution in [3.8, 4) is 0 Å². The van der Waals surface area contributed by atoms with Crippen LogP contribution in [0.2, 0.25) is 0 Å². The van der Waals surface area contributed by atoms with E-state index in [1.807, 2.05) is 4.90 Å². The number of carbonyl (C=O) groups is 3. The van der Waals surface area contributed by atoms with Gasteiger partial charge >= 0.3 is 5.97 Å². The molecule has 2 fully saturated rings. The number of carboxylic acid groups (broad SMARTS) is 1. The Labute approximate surface area is 118 Å². The van der Waals surface area contributed by atoms with Crippen LogP contribution in [-0.2, 0) is 14.4 Å². The number of likely N-dealkylation sites (tertiary alicyclic amines) is 1. The molecule has 2 aliphatic rings. The minimum Gasteiger partial charge on any atom is -0.480 e. The minimum absolute atomic E-state index is 0.174. The van der Waals surface area contributed by atoms with Gasteiger partial charge in [-0.1, -0.05) is 6.92 Å². The van der Waals surface area contributed by atoms with Crippen LogP contribution in [-0.4, -0.2) is 46.9 Å². The van der Waals surface area contributed by atoms with Crippen molar-refractivity contribution < 1.29 is 19.5 Å². The molecular weight excluding hydrogens is 260 g/mol. The number of rotatable bonds is 5. The van der Waals surface area contributed by atoms with Crippen LogP contribution >= 0.6 is 0 Å². The van der Waals surface area contributed by atoms with E-state index >= 15 is 0 Å². The summed E-state index contributed by atoms with van der Waals surface area (Å²) in [6, 6.07) is -0.811. The van der Waals surface area contributed by atoms with Crippen LogP contribution in [0.15, 0.2) is 0 Å². The molecule has 112 valence electrons. The first-order valence-corrected chi connectivity index (χ1v) is 7.35. The average molecular weight is 282 g/mol. The monoisotopic (exact) mass is 282 g/mol. The lowest BCUT2D eigenvalue weighted by molar-refractivity contribution is -0.143. The second-order valence-corrected chi connectivity index (χ2v) is 5.68. The van der Waals surface area contributed by atoms with Crippen LogP contribution in [0, 0.1) is 11.8 Å². The van der Waals surface area contributed by atoms with Gasteiger partial charge in [0.05, 0.1) is 0 Å². The van der Waals surface area contributed by atoms with Crippen LogP contribution in [0.1, 0.15) is 39.0 Å². The maximum absolute atomic E-state index is 12.0.